The van der Waals surface area contributed by atoms with Crippen LogP contribution in [-0.2, 0) is 19.6 Å². The van der Waals surface area contributed by atoms with Gasteiger partial charge < -0.3 is 10.1 Å². The number of nitrogens with zero attached hydrogens (tertiary/aromatic N) is 1. The Bertz CT molecular complexity index is 742. The van der Waals surface area contributed by atoms with Crippen molar-refractivity contribution >= 4 is 15.9 Å². The fourth-order valence-corrected chi connectivity index (χ4v) is 5.44. The van der Waals surface area contributed by atoms with E-state index < -0.39 is 16.1 Å². The van der Waals surface area contributed by atoms with Gasteiger partial charge >= 0.3 is 0 Å². The van der Waals surface area contributed by atoms with E-state index in [1.807, 2.05) is 0 Å². The molecule has 1 aromatic rings. The number of carbonyl (C=O) groups is 1. The fourth-order valence-electron chi connectivity index (χ4n) is 4.21. The Kier molecular flexibility index (Phi) is 7.09. The lowest BCUT2D eigenvalue weighted by atomic mass is 9.79. The minimum absolute atomic E-state index is 0.0459. The molecule has 0 radical (unpaired) electrons. The van der Waals surface area contributed by atoms with E-state index in [1.165, 1.54) is 18.6 Å². The second-order valence-electron chi connectivity index (χ2n) is 7.76. The monoisotopic (exact) mass is 409 g/mol. The minimum atomic E-state index is -3.72. The van der Waals surface area contributed by atoms with Crippen LogP contribution in [0.25, 0.3) is 0 Å². The molecule has 156 valence electrons. The van der Waals surface area contributed by atoms with Crippen molar-refractivity contribution in [2.24, 2.45) is 0 Å². The van der Waals surface area contributed by atoms with Crippen molar-refractivity contribution in [3.63, 3.8) is 0 Å². The highest BCUT2D eigenvalue weighted by atomic mass is 32.2. The van der Waals surface area contributed by atoms with Crippen LogP contribution in [0, 0.1) is 0 Å². The third-order valence-electron chi connectivity index (χ3n) is 5.84. The lowest BCUT2D eigenvalue weighted by molar-refractivity contribution is -0.123. The molecule has 1 aliphatic heterocycles. The Labute approximate surface area is 167 Å². The van der Waals surface area contributed by atoms with Gasteiger partial charge in [-0.1, -0.05) is 37.5 Å². The Morgan fingerprint density at radius 1 is 1.14 bits per heavy atom. The van der Waals surface area contributed by atoms with Crippen molar-refractivity contribution in [2.75, 3.05) is 32.8 Å². The maximum absolute atomic E-state index is 12.6. The highest BCUT2D eigenvalue weighted by Gasteiger charge is 2.39. The van der Waals surface area contributed by atoms with Crippen molar-refractivity contribution < 1.29 is 17.9 Å². The second kappa shape index (κ2) is 9.35. The predicted molar refractivity (Wildman–Crippen MR) is 107 cm³/mol. The maximum Gasteiger partial charge on any atom is 0.241 e. The van der Waals surface area contributed by atoms with Gasteiger partial charge in [-0.2, -0.15) is 4.72 Å². The molecule has 1 saturated heterocycles. The van der Waals surface area contributed by atoms with Crippen LogP contribution in [0.2, 0.25) is 0 Å². The summed E-state index contributed by atoms with van der Waals surface area (Å²) in [6.45, 7) is 5.34. The number of sulfonamides is 1. The quantitative estimate of drug-likeness (QED) is 0.713. The van der Waals surface area contributed by atoms with Gasteiger partial charge in [-0.15, -0.1) is 0 Å². The molecule has 1 unspecified atom stereocenters. The van der Waals surface area contributed by atoms with E-state index in [1.54, 1.807) is 25.1 Å². The molecule has 8 heteroatoms. The number of amides is 1. The molecule has 28 heavy (non-hydrogen) atoms. The van der Waals surface area contributed by atoms with Gasteiger partial charge in [0.1, 0.15) is 0 Å². The zero-order chi connectivity index (χ0) is 20.0. The van der Waals surface area contributed by atoms with Crippen molar-refractivity contribution in [1.82, 2.24) is 14.9 Å². The Morgan fingerprint density at radius 2 is 1.79 bits per heavy atom. The van der Waals surface area contributed by atoms with Crippen LogP contribution in [0.1, 0.15) is 39.0 Å². The van der Waals surface area contributed by atoms with Crippen LogP contribution in [-0.4, -0.2) is 63.7 Å². The number of carbonyl (C=O) groups excluding carboxylic acids is 1. The third kappa shape index (κ3) is 5.11. The normalized spacial score (nSPS) is 21.8. The average Bonchev–Trinajstić information content (AvgIpc) is 2.73. The highest BCUT2D eigenvalue weighted by molar-refractivity contribution is 7.89. The summed E-state index contributed by atoms with van der Waals surface area (Å²) in [7, 11) is -3.72. The Balaban J connectivity index is 1.61. The third-order valence-corrected chi connectivity index (χ3v) is 7.39. The first-order chi connectivity index (χ1) is 13.4. The molecule has 2 N–H and O–H groups in total. The summed E-state index contributed by atoms with van der Waals surface area (Å²) < 4.78 is 32.9. The van der Waals surface area contributed by atoms with Gasteiger partial charge in [-0.25, -0.2) is 8.42 Å². The molecule has 1 aliphatic carbocycles. The topological polar surface area (TPSA) is 87.7 Å². The van der Waals surface area contributed by atoms with E-state index in [-0.39, 0.29) is 16.3 Å². The standard InChI is InChI=1S/C20H31N3O4S/c1-17(22-28(25,26)18-8-4-2-5-9-18)19(24)21-16-20(10-6-3-7-11-20)23-12-14-27-15-13-23/h2,4-5,8-9,17,22H,3,6-7,10-16H2,1H3,(H,21,24). The number of rotatable bonds is 7. The first-order valence-corrected chi connectivity index (χ1v) is 11.6. The number of benzene rings is 1. The van der Waals surface area contributed by atoms with Crippen molar-refractivity contribution in [3.05, 3.63) is 30.3 Å². The SMILES string of the molecule is CC(NS(=O)(=O)c1ccccc1)C(=O)NCC1(N2CCOCC2)CCCCC1. The molecule has 1 saturated carbocycles. The molecule has 1 aromatic carbocycles. The summed E-state index contributed by atoms with van der Waals surface area (Å²) in [5.41, 5.74) is -0.0459. The van der Waals surface area contributed by atoms with E-state index >= 15 is 0 Å². The van der Waals surface area contributed by atoms with Crippen molar-refractivity contribution in [3.8, 4) is 0 Å². The second-order valence-corrected chi connectivity index (χ2v) is 9.47. The lowest BCUT2D eigenvalue weighted by Gasteiger charge is -2.48. The highest BCUT2D eigenvalue weighted by Crippen LogP contribution is 2.33. The van der Waals surface area contributed by atoms with E-state index in [0.29, 0.717) is 6.54 Å². The molecule has 0 spiro atoms. The number of hydrogen-bond donors (Lipinski definition) is 2. The van der Waals surface area contributed by atoms with Crippen LogP contribution in [0.3, 0.4) is 0 Å². The summed E-state index contributed by atoms with van der Waals surface area (Å²) in [5, 5.41) is 3.02. The van der Waals surface area contributed by atoms with Crippen LogP contribution in [0.4, 0.5) is 0 Å². The molecule has 1 heterocycles. The Morgan fingerprint density at radius 3 is 2.43 bits per heavy atom. The maximum atomic E-state index is 12.6. The number of morpholine rings is 1. The number of hydrogen-bond acceptors (Lipinski definition) is 5. The van der Waals surface area contributed by atoms with Gasteiger partial charge in [0.15, 0.2) is 0 Å². The van der Waals surface area contributed by atoms with Crippen molar-refractivity contribution in [1.29, 1.82) is 0 Å². The van der Waals surface area contributed by atoms with Gasteiger partial charge in [-0.05, 0) is 31.9 Å². The zero-order valence-electron chi connectivity index (χ0n) is 16.5. The van der Waals surface area contributed by atoms with E-state index in [2.05, 4.69) is 14.9 Å². The summed E-state index contributed by atoms with van der Waals surface area (Å²) >= 11 is 0. The van der Waals surface area contributed by atoms with E-state index in [4.69, 9.17) is 4.74 Å². The molecule has 1 amide bonds. The number of nitrogens with one attached hydrogen (secondary N) is 2. The van der Waals surface area contributed by atoms with Crippen molar-refractivity contribution in [2.45, 2.75) is 55.5 Å². The number of ether oxygens (including phenoxy) is 1. The molecule has 0 bridgehead atoms. The van der Waals surface area contributed by atoms with Crippen LogP contribution < -0.4 is 10.0 Å². The average molecular weight is 410 g/mol. The van der Waals surface area contributed by atoms with Gasteiger partial charge in [0.05, 0.1) is 24.2 Å². The zero-order valence-corrected chi connectivity index (χ0v) is 17.3. The molecule has 3 rings (SSSR count). The molecular weight excluding hydrogens is 378 g/mol. The summed E-state index contributed by atoms with van der Waals surface area (Å²) in [5.74, 6) is -0.294. The first kappa shape index (κ1) is 21.2. The Hall–Kier alpha value is -1.48. The first-order valence-electron chi connectivity index (χ1n) is 10.1. The van der Waals surface area contributed by atoms with Gasteiger partial charge in [0.25, 0.3) is 0 Å². The molecular formula is C20H31N3O4S. The van der Waals surface area contributed by atoms with Crippen LogP contribution in [0.15, 0.2) is 35.2 Å². The van der Waals surface area contributed by atoms with Gasteiger partial charge in [-0.3, -0.25) is 9.69 Å². The largest absolute Gasteiger partial charge is 0.379 e. The summed E-state index contributed by atoms with van der Waals surface area (Å²) in [4.78, 5) is 15.3. The molecule has 0 aromatic heterocycles. The summed E-state index contributed by atoms with van der Waals surface area (Å²) in [6.07, 6.45) is 5.65. The molecule has 7 nitrogen and oxygen atoms in total. The fraction of sp³-hybridized carbons (Fsp3) is 0.650. The predicted octanol–water partition coefficient (Wildman–Crippen LogP) is 1.50. The molecule has 2 fully saturated rings. The van der Waals surface area contributed by atoms with E-state index in [0.717, 1.165) is 52.0 Å². The van der Waals surface area contributed by atoms with Crippen LogP contribution >= 0.6 is 0 Å². The van der Waals surface area contributed by atoms with Gasteiger partial charge in [0, 0.05) is 25.2 Å². The summed E-state index contributed by atoms with van der Waals surface area (Å²) in [6, 6.07) is 7.27. The van der Waals surface area contributed by atoms with Gasteiger partial charge in [0.2, 0.25) is 15.9 Å². The molecule has 1 atom stereocenters. The smallest absolute Gasteiger partial charge is 0.241 e. The van der Waals surface area contributed by atoms with E-state index in [9.17, 15) is 13.2 Å². The minimum Gasteiger partial charge on any atom is -0.379 e. The van der Waals surface area contributed by atoms with Crippen LogP contribution in [0.5, 0.6) is 0 Å². The lowest BCUT2D eigenvalue weighted by Crippen LogP contribution is -2.60. The molecule has 2 aliphatic rings.